The van der Waals surface area contributed by atoms with E-state index in [-0.39, 0.29) is 17.0 Å². The van der Waals surface area contributed by atoms with Gasteiger partial charge in [0.1, 0.15) is 11.4 Å². The highest BCUT2D eigenvalue weighted by atomic mass is 19.1. The van der Waals surface area contributed by atoms with Crippen molar-refractivity contribution in [1.29, 1.82) is 0 Å². The molecule has 0 aliphatic heterocycles. The van der Waals surface area contributed by atoms with Gasteiger partial charge in [-0.05, 0) is 11.1 Å². The highest BCUT2D eigenvalue weighted by Crippen LogP contribution is 2.31. The molecule has 26 heavy (non-hydrogen) atoms. The van der Waals surface area contributed by atoms with Gasteiger partial charge in [-0.2, -0.15) is 5.10 Å². The Kier molecular flexibility index (Phi) is 3.66. The van der Waals surface area contributed by atoms with E-state index < -0.39 is 29.8 Å². The molecule has 0 radical (unpaired) electrons. The van der Waals surface area contributed by atoms with Crippen molar-refractivity contribution in [3.05, 3.63) is 64.9 Å². The number of primary amides is 1. The third-order valence-corrected chi connectivity index (χ3v) is 4.40. The van der Waals surface area contributed by atoms with Crippen LogP contribution in [0.5, 0.6) is 0 Å². The summed E-state index contributed by atoms with van der Waals surface area (Å²) in [4.78, 5) is 28.1. The maximum absolute atomic E-state index is 13.8. The van der Waals surface area contributed by atoms with Crippen LogP contribution in [0.1, 0.15) is 38.1 Å². The van der Waals surface area contributed by atoms with E-state index in [2.05, 4.69) is 15.4 Å². The first-order valence-electron chi connectivity index (χ1n) is 7.86. The van der Waals surface area contributed by atoms with Gasteiger partial charge in [-0.1, -0.05) is 24.3 Å². The zero-order valence-electron chi connectivity index (χ0n) is 13.4. The molecule has 0 fully saturated rings. The largest absolute Gasteiger partial charge is 0.390 e. The van der Waals surface area contributed by atoms with Gasteiger partial charge in [0.05, 0.1) is 18.3 Å². The molecule has 1 aliphatic carbocycles. The van der Waals surface area contributed by atoms with Crippen LogP contribution in [-0.2, 0) is 6.42 Å². The lowest BCUT2D eigenvalue weighted by Crippen LogP contribution is -2.34. The molecule has 1 aromatic carbocycles. The first kappa shape index (κ1) is 16.2. The molecule has 1 aliphatic rings. The number of aromatic nitrogens is 3. The van der Waals surface area contributed by atoms with Crippen LogP contribution < -0.4 is 11.1 Å². The number of benzene rings is 1. The van der Waals surface area contributed by atoms with E-state index >= 15 is 0 Å². The smallest absolute Gasteiger partial charge is 0.270 e. The van der Waals surface area contributed by atoms with Crippen molar-refractivity contribution in [2.24, 2.45) is 5.73 Å². The summed E-state index contributed by atoms with van der Waals surface area (Å²) in [7, 11) is 0. The van der Waals surface area contributed by atoms with Gasteiger partial charge in [0.15, 0.2) is 11.5 Å². The van der Waals surface area contributed by atoms with E-state index in [4.69, 9.17) is 5.73 Å². The van der Waals surface area contributed by atoms with Gasteiger partial charge in [-0.15, -0.1) is 0 Å². The first-order valence-corrected chi connectivity index (χ1v) is 7.86. The van der Waals surface area contributed by atoms with Crippen LogP contribution in [0.2, 0.25) is 0 Å². The highest BCUT2D eigenvalue weighted by Gasteiger charge is 2.32. The molecule has 0 saturated carbocycles. The zero-order chi connectivity index (χ0) is 18.4. The van der Waals surface area contributed by atoms with Gasteiger partial charge in [-0.25, -0.2) is 13.9 Å². The summed E-state index contributed by atoms with van der Waals surface area (Å²) >= 11 is 0. The van der Waals surface area contributed by atoms with E-state index in [0.717, 1.165) is 27.9 Å². The normalized spacial score (nSPS) is 18.7. The third-order valence-electron chi connectivity index (χ3n) is 4.40. The SMILES string of the molecule is NC(=O)c1cc(C(=O)N[C@H]2c3ccccc3C[C@H]2O)nc2c(F)cnn12. The fourth-order valence-electron chi connectivity index (χ4n) is 3.19. The van der Waals surface area contributed by atoms with Crippen molar-refractivity contribution in [3.63, 3.8) is 0 Å². The fraction of sp³-hybridized carbons (Fsp3) is 0.176. The molecule has 0 spiro atoms. The summed E-state index contributed by atoms with van der Waals surface area (Å²) < 4.78 is 14.8. The fourth-order valence-corrected chi connectivity index (χ4v) is 3.19. The minimum absolute atomic E-state index is 0.170. The number of rotatable bonds is 3. The van der Waals surface area contributed by atoms with Crippen LogP contribution in [-0.4, -0.2) is 37.6 Å². The number of carbonyl (C=O) groups excluding carboxylic acids is 2. The Balaban J connectivity index is 1.71. The van der Waals surface area contributed by atoms with Gasteiger partial charge in [0, 0.05) is 12.5 Å². The van der Waals surface area contributed by atoms with Crippen molar-refractivity contribution in [2.75, 3.05) is 0 Å². The average Bonchev–Trinajstić information content (AvgIpc) is 3.14. The van der Waals surface area contributed by atoms with Crippen molar-refractivity contribution >= 4 is 17.5 Å². The second-order valence-electron chi connectivity index (χ2n) is 6.04. The van der Waals surface area contributed by atoms with Crippen molar-refractivity contribution in [2.45, 2.75) is 18.6 Å². The van der Waals surface area contributed by atoms with E-state index in [1.54, 1.807) is 0 Å². The van der Waals surface area contributed by atoms with E-state index in [1.807, 2.05) is 24.3 Å². The molecular formula is C17H14FN5O3. The molecule has 3 aromatic rings. The maximum Gasteiger partial charge on any atom is 0.270 e. The van der Waals surface area contributed by atoms with E-state index in [1.165, 1.54) is 0 Å². The second kappa shape index (κ2) is 5.88. The summed E-state index contributed by atoms with van der Waals surface area (Å²) in [6.45, 7) is 0. The molecule has 2 atom stereocenters. The van der Waals surface area contributed by atoms with Crippen molar-refractivity contribution in [3.8, 4) is 0 Å². The number of hydrogen-bond acceptors (Lipinski definition) is 5. The van der Waals surface area contributed by atoms with Crippen LogP contribution in [0.15, 0.2) is 36.5 Å². The van der Waals surface area contributed by atoms with Crippen LogP contribution in [0.3, 0.4) is 0 Å². The minimum atomic E-state index is -0.874. The minimum Gasteiger partial charge on any atom is -0.390 e. The highest BCUT2D eigenvalue weighted by molar-refractivity contribution is 5.97. The Hall–Kier alpha value is -3.33. The van der Waals surface area contributed by atoms with Crippen LogP contribution in [0.4, 0.5) is 4.39 Å². The third kappa shape index (κ3) is 2.49. The predicted octanol–water partition coefficient (Wildman–Crippen LogP) is 0.355. The Labute approximate surface area is 146 Å². The number of nitrogens with one attached hydrogen (secondary N) is 1. The van der Waals surface area contributed by atoms with E-state index in [9.17, 15) is 19.1 Å². The molecule has 4 N–H and O–H groups in total. The molecule has 2 aromatic heterocycles. The topological polar surface area (TPSA) is 123 Å². The molecule has 0 saturated heterocycles. The van der Waals surface area contributed by atoms with Gasteiger partial charge >= 0.3 is 0 Å². The average molecular weight is 355 g/mol. The number of amides is 2. The molecular weight excluding hydrogens is 341 g/mol. The number of aliphatic hydroxyl groups excluding tert-OH is 1. The number of nitrogens with zero attached hydrogens (tertiary/aromatic N) is 3. The molecule has 0 bridgehead atoms. The molecule has 9 heteroatoms. The van der Waals surface area contributed by atoms with Crippen molar-refractivity contribution < 1.29 is 19.1 Å². The molecule has 2 heterocycles. The molecule has 132 valence electrons. The Bertz CT molecular complexity index is 1050. The van der Waals surface area contributed by atoms with Crippen LogP contribution >= 0.6 is 0 Å². The van der Waals surface area contributed by atoms with Gasteiger partial charge in [0.25, 0.3) is 11.8 Å². The predicted molar refractivity (Wildman–Crippen MR) is 87.8 cm³/mol. The lowest BCUT2D eigenvalue weighted by atomic mass is 10.1. The Morgan fingerprint density at radius 2 is 2.12 bits per heavy atom. The van der Waals surface area contributed by atoms with Crippen molar-refractivity contribution in [1.82, 2.24) is 19.9 Å². The van der Waals surface area contributed by atoms with Gasteiger partial charge in [0.2, 0.25) is 0 Å². The Morgan fingerprint density at radius 3 is 2.88 bits per heavy atom. The zero-order valence-corrected chi connectivity index (χ0v) is 13.4. The first-order chi connectivity index (χ1) is 12.5. The summed E-state index contributed by atoms with van der Waals surface area (Å²) in [6.07, 6.45) is 0.507. The monoisotopic (exact) mass is 355 g/mol. The number of halogens is 1. The van der Waals surface area contributed by atoms with E-state index in [0.29, 0.717) is 6.42 Å². The van der Waals surface area contributed by atoms with Gasteiger partial charge < -0.3 is 16.2 Å². The second-order valence-corrected chi connectivity index (χ2v) is 6.04. The number of fused-ring (bicyclic) bond motifs is 2. The number of hydrogen-bond donors (Lipinski definition) is 3. The maximum atomic E-state index is 13.8. The lowest BCUT2D eigenvalue weighted by molar-refractivity contribution is 0.0853. The number of nitrogens with two attached hydrogens (primary N) is 1. The summed E-state index contributed by atoms with van der Waals surface area (Å²) in [5.74, 6) is -2.31. The molecule has 0 unspecified atom stereocenters. The summed E-state index contributed by atoms with van der Waals surface area (Å²) in [5.41, 5.74) is 6.39. The molecule has 8 nitrogen and oxygen atoms in total. The molecule has 4 rings (SSSR count). The quantitative estimate of drug-likeness (QED) is 0.626. The number of aliphatic hydroxyl groups is 1. The Morgan fingerprint density at radius 1 is 1.35 bits per heavy atom. The van der Waals surface area contributed by atoms with Crippen LogP contribution in [0.25, 0.3) is 5.65 Å². The number of carbonyl (C=O) groups is 2. The van der Waals surface area contributed by atoms with Crippen LogP contribution in [0, 0.1) is 5.82 Å². The van der Waals surface area contributed by atoms with Gasteiger partial charge in [-0.3, -0.25) is 9.59 Å². The lowest BCUT2D eigenvalue weighted by Gasteiger charge is -2.18. The summed E-state index contributed by atoms with van der Waals surface area (Å²) in [5, 5.41) is 16.6. The summed E-state index contributed by atoms with van der Waals surface area (Å²) in [6, 6.07) is 7.88. The molecule has 2 amide bonds. The standard InChI is InChI=1S/C17H14FN5O3/c18-10-7-20-23-12(15(19)25)6-11(21-16(10)23)17(26)22-14-9-4-2-1-3-8(9)5-13(14)24/h1-4,6-7,13-14,24H,5H2,(H2,19,25)(H,22,26)/t13-,14+/m1/s1.